The molecule has 2 N–H and O–H groups in total. The van der Waals surface area contributed by atoms with Crippen molar-refractivity contribution in [2.75, 3.05) is 47.3 Å². The van der Waals surface area contributed by atoms with Crippen LogP contribution in [-0.4, -0.2) is 42.6 Å². The van der Waals surface area contributed by atoms with Crippen molar-refractivity contribution in [1.29, 1.82) is 0 Å². The maximum atomic E-state index is 14.3. The van der Waals surface area contributed by atoms with Crippen molar-refractivity contribution in [3.05, 3.63) is 65.9 Å². The van der Waals surface area contributed by atoms with Crippen molar-refractivity contribution >= 4 is 34.5 Å². The molecule has 2 aromatic heterocycles. The third-order valence-corrected chi connectivity index (χ3v) is 6.58. The molecule has 3 aromatic rings. The van der Waals surface area contributed by atoms with Gasteiger partial charge in [0.2, 0.25) is 0 Å². The zero-order chi connectivity index (χ0) is 25.1. The van der Waals surface area contributed by atoms with E-state index in [9.17, 15) is 9.18 Å². The summed E-state index contributed by atoms with van der Waals surface area (Å²) in [4.78, 5) is 29.8. The van der Waals surface area contributed by atoms with Crippen molar-refractivity contribution in [2.24, 2.45) is 5.92 Å². The number of rotatable bonds is 9. The number of hydrogen-bond acceptors (Lipinski definition) is 7. The lowest BCUT2D eigenvalue weighted by Gasteiger charge is -2.21. The minimum Gasteiger partial charge on any atom is -0.371 e. The van der Waals surface area contributed by atoms with Gasteiger partial charge in [-0.05, 0) is 74.9 Å². The number of aromatic nitrogens is 2. The highest BCUT2D eigenvalue weighted by molar-refractivity contribution is 6.06. The van der Waals surface area contributed by atoms with Crippen LogP contribution < -0.4 is 20.6 Å². The van der Waals surface area contributed by atoms with Crippen molar-refractivity contribution < 1.29 is 14.0 Å². The maximum absolute atomic E-state index is 14.3. The van der Waals surface area contributed by atoms with E-state index in [0.717, 1.165) is 49.9 Å². The van der Waals surface area contributed by atoms with E-state index in [0.29, 0.717) is 28.3 Å². The van der Waals surface area contributed by atoms with E-state index < -0.39 is 0 Å². The number of benzene rings is 1. The van der Waals surface area contributed by atoms with E-state index in [1.165, 1.54) is 31.1 Å². The minimum atomic E-state index is -0.372. The fourth-order valence-electron chi connectivity index (χ4n) is 4.39. The predicted octanol–water partition coefficient (Wildman–Crippen LogP) is 5.30. The summed E-state index contributed by atoms with van der Waals surface area (Å²) in [7, 11) is 1.44. The first kappa shape index (κ1) is 24.0. The van der Waals surface area contributed by atoms with Crippen molar-refractivity contribution in [3.63, 3.8) is 0 Å². The van der Waals surface area contributed by atoms with E-state index in [1.807, 2.05) is 12.1 Å². The molecule has 0 radical (unpaired) electrons. The molecule has 0 unspecified atom stereocenters. The van der Waals surface area contributed by atoms with Gasteiger partial charge in [-0.2, -0.15) is 5.06 Å². The van der Waals surface area contributed by atoms with Crippen LogP contribution in [0.4, 0.5) is 33.0 Å². The molecule has 1 saturated heterocycles. The summed E-state index contributed by atoms with van der Waals surface area (Å²) in [5, 5.41) is 7.71. The smallest absolute Gasteiger partial charge is 0.284 e. The third-order valence-electron chi connectivity index (χ3n) is 6.58. The number of carbonyl (C=O) groups excluding carboxylic acids is 1. The monoisotopic (exact) mass is 490 g/mol. The topological polar surface area (TPSA) is 82.6 Å². The number of anilines is 5. The molecule has 9 heteroatoms. The number of amides is 1. The lowest BCUT2D eigenvalue weighted by molar-refractivity contribution is 0.0772. The average molecular weight is 491 g/mol. The number of halogens is 1. The Morgan fingerprint density at radius 2 is 1.92 bits per heavy atom. The summed E-state index contributed by atoms with van der Waals surface area (Å²) in [6, 6.07) is 10.2. The molecule has 0 bridgehead atoms. The Hall–Kier alpha value is -3.72. The van der Waals surface area contributed by atoms with Crippen LogP contribution in [0.5, 0.6) is 0 Å². The molecule has 0 atom stereocenters. The molecule has 0 spiro atoms. The Morgan fingerprint density at radius 1 is 1.11 bits per heavy atom. The summed E-state index contributed by atoms with van der Waals surface area (Å²) in [5.74, 6) is 0.815. The first-order chi connectivity index (χ1) is 17.5. The van der Waals surface area contributed by atoms with Crippen molar-refractivity contribution in [2.45, 2.75) is 32.6 Å². The lowest BCUT2D eigenvalue weighted by atomic mass is 10.1. The number of hydroxylamine groups is 1. The third kappa shape index (κ3) is 5.57. The van der Waals surface area contributed by atoms with Gasteiger partial charge in [0.25, 0.3) is 5.91 Å². The van der Waals surface area contributed by atoms with Gasteiger partial charge >= 0.3 is 0 Å². The fraction of sp³-hybridized carbons (Fsp3) is 0.370. The molecule has 1 saturated carbocycles. The zero-order valence-corrected chi connectivity index (χ0v) is 20.6. The standard InChI is InChI=1S/C27H31FN6O2/c1-18-25(27(35)34(36-2)23-7-8-26(31-17-23)30-15-19-5-6-19)14-22(16-29-18)32-21-11-20(28)12-24(13-21)33-9-3-4-10-33/h7-8,11-14,16-17,19,32H,3-6,9-10,15H2,1-2H3,(H,30,31). The second-order valence-corrected chi connectivity index (χ2v) is 9.38. The molecule has 1 aliphatic carbocycles. The lowest BCUT2D eigenvalue weighted by Crippen LogP contribution is -2.30. The SMILES string of the molecule is CON(C(=O)c1cc(Nc2cc(F)cc(N3CCCC3)c2)cnc1C)c1ccc(NCC2CC2)nc1. The Morgan fingerprint density at radius 3 is 2.61 bits per heavy atom. The molecular weight excluding hydrogens is 459 g/mol. The number of nitrogens with zero attached hydrogens (tertiary/aromatic N) is 4. The molecule has 5 rings (SSSR count). The van der Waals surface area contributed by atoms with Gasteiger partial charge in [-0.1, -0.05) is 0 Å². The number of nitrogens with one attached hydrogen (secondary N) is 2. The van der Waals surface area contributed by atoms with Crippen LogP contribution in [0.1, 0.15) is 41.7 Å². The van der Waals surface area contributed by atoms with Crippen LogP contribution in [0, 0.1) is 18.7 Å². The Balaban J connectivity index is 1.33. The number of hydrogen-bond donors (Lipinski definition) is 2. The van der Waals surface area contributed by atoms with Crippen LogP contribution >= 0.6 is 0 Å². The second-order valence-electron chi connectivity index (χ2n) is 9.38. The van der Waals surface area contributed by atoms with E-state index in [4.69, 9.17) is 4.84 Å². The van der Waals surface area contributed by atoms with Gasteiger partial charge in [0.1, 0.15) is 11.6 Å². The molecule has 36 heavy (non-hydrogen) atoms. The predicted molar refractivity (Wildman–Crippen MR) is 139 cm³/mol. The van der Waals surface area contributed by atoms with Crippen molar-refractivity contribution in [3.8, 4) is 0 Å². The minimum absolute atomic E-state index is 0.314. The zero-order valence-electron chi connectivity index (χ0n) is 20.6. The van der Waals surface area contributed by atoms with E-state index in [2.05, 4.69) is 25.5 Å². The van der Waals surface area contributed by atoms with Gasteiger partial charge < -0.3 is 15.5 Å². The van der Waals surface area contributed by atoms with Crippen LogP contribution in [-0.2, 0) is 4.84 Å². The van der Waals surface area contributed by atoms with Gasteiger partial charge in [-0.15, -0.1) is 0 Å². The van der Waals surface area contributed by atoms with Crippen LogP contribution in [0.15, 0.2) is 48.8 Å². The summed E-state index contributed by atoms with van der Waals surface area (Å²) in [5.41, 5.74) is 3.46. The van der Waals surface area contributed by atoms with Crippen LogP contribution in [0.25, 0.3) is 0 Å². The van der Waals surface area contributed by atoms with Gasteiger partial charge in [-0.3, -0.25) is 14.6 Å². The molecular formula is C27H31FN6O2. The Bertz CT molecular complexity index is 1230. The van der Waals surface area contributed by atoms with Crippen LogP contribution in [0.2, 0.25) is 0 Å². The van der Waals surface area contributed by atoms with E-state index in [-0.39, 0.29) is 11.7 Å². The first-order valence-electron chi connectivity index (χ1n) is 12.4. The highest BCUT2D eigenvalue weighted by Gasteiger charge is 2.23. The largest absolute Gasteiger partial charge is 0.371 e. The summed E-state index contributed by atoms with van der Waals surface area (Å²) in [6.07, 6.45) is 7.98. The van der Waals surface area contributed by atoms with E-state index >= 15 is 0 Å². The van der Waals surface area contributed by atoms with Gasteiger partial charge in [0, 0.05) is 31.0 Å². The van der Waals surface area contributed by atoms with Gasteiger partial charge in [0.05, 0.1) is 42.1 Å². The highest BCUT2D eigenvalue weighted by Crippen LogP contribution is 2.30. The maximum Gasteiger partial charge on any atom is 0.284 e. The summed E-state index contributed by atoms with van der Waals surface area (Å²) in [6.45, 7) is 4.52. The average Bonchev–Trinajstić information content (AvgIpc) is 3.54. The number of carbonyl (C=O) groups is 1. The molecule has 188 valence electrons. The number of pyridine rings is 2. The fourth-order valence-corrected chi connectivity index (χ4v) is 4.39. The van der Waals surface area contributed by atoms with E-state index in [1.54, 1.807) is 37.5 Å². The quantitative estimate of drug-likeness (QED) is 0.394. The molecule has 1 amide bonds. The molecule has 1 aliphatic heterocycles. The molecule has 1 aromatic carbocycles. The van der Waals surface area contributed by atoms with Gasteiger partial charge in [0.15, 0.2) is 0 Å². The number of aryl methyl sites for hydroxylation is 1. The highest BCUT2D eigenvalue weighted by atomic mass is 19.1. The normalized spacial score (nSPS) is 15.1. The molecule has 2 aliphatic rings. The Kier molecular flexibility index (Phi) is 6.99. The summed E-state index contributed by atoms with van der Waals surface area (Å²) < 4.78 is 14.3. The molecule has 2 fully saturated rings. The molecule has 3 heterocycles. The Labute approximate surface area is 210 Å². The van der Waals surface area contributed by atoms with Crippen molar-refractivity contribution in [1.82, 2.24) is 9.97 Å². The van der Waals surface area contributed by atoms with Gasteiger partial charge in [-0.25, -0.2) is 9.37 Å². The molecule has 8 nitrogen and oxygen atoms in total. The second kappa shape index (κ2) is 10.5. The summed E-state index contributed by atoms with van der Waals surface area (Å²) >= 11 is 0. The first-order valence-corrected chi connectivity index (χ1v) is 12.4. The van der Waals surface area contributed by atoms with Crippen LogP contribution in [0.3, 0.4) is 0 Å².